The number of rotatable bonds is 4. The van der Waals surface area contributed by atoms with Gasteiger partial charge in [0.1, 0.15) is 11.3 Å². The lowest BCUT2D eigenvalue weighted by Crippen LogP contribution is -1.99. The molecule has 0 aliphatic carbocycles. The van der Waals surface area contributed by atoms with Crippen LogP contribution in [0, 0.1) is 0 Å². The minimum atomic E-state index is -0.515. The molecule has 2 aromatic carbocycles. The Bertz CT molecular complexity index is 1150. The van der Waals surface area contributed by atoms with Crippen molar-refractivity contribution in [2.24, 2.45) is 0 Å². The Morgan fingerprint density at radius 3 is 2.77 bits per heavy atom. The van der Waals surface area contributed by atoms with E-state index in [-0.39, 0.29) is 5.89 Å². The summed E-state index contributed by atoms with van der Waals surface area (Å²) in [7, 11) is 0. The van der Waals surface area contributed by atoms with E-state index in [4.69, 9.17) is 25.3 Å². The van der Waals surface area contributed by atoms with Crippen LogP contribution in [0.3, 0.4) is 0 Å². The monoisotopic (exact) mass is 368 g/mol. The van der Waals surface area contributed by atoms with Crippen molar-refractivity contribution in [1.29, 1.82) is 0 Å². The van der Waals surface area contributed by atoms with Gasteiger partial charge in [-0.1, -0.05) is 28.9 Å². The number of halogens is 1. The van der Waals surface area contributed by atoms with Gasteiger partial charge in [-0.05, 0) is 31.2 Å². The standard InChI is InChI=1S/C19H13ClN2O4/c1-2-24-11-7-8-12-14(10-17(23)25-16(12)9-11)19-21-18(22-26-19)13-5-3-4-6-15(13)20/h3-10H,2H2,1H3. The van der Waals surface area contributed by atoms with Gasteiger partial charge in [-0.15, -0.1) is 0 Å². The second kappa shape index (κ2) is 6.65. The maximum Gasteiger partial charge on any atom is 0.337 e. The Hall–Kier alpha value is -3.12. The molecule has 0 spiro atoms. The third-order valence-electron chi connectivity index (χ3n) is 3.80. The molecule has 0 aliphatic heterocycles. The maximum absolute atomic E-state index is 12.0. The minimum Gasteiger partial charge on any atom is -0.494 e. The Morgan fingerprint density at radius 2 is 1.96 bits per heavy atom. The van der Waals surface area contributed by atoms with E-state index in [0.29, 0.717) is 45.3 Å². The van der Waals surface area contributed by atoms with Crippen LogP contribution >= 0.6 is 11.6 Å². The number of nitrogens with zero attached hydrogens (tertiary/aromatic N) is 2. The Labute approximate surface area is 153 Å². The van der Waals surface area contributed by atoms with E-state index in [1.165, 1.54) is 6.07 Å². The molecule has 0 bridgehead atoms. The zero-order valence-corrected chi connectivity index (χ0v) is 14.5. The molecule has 4 aromatic rings. The first-order valence-electron chi connectivity index (χ1n) is 7.95. The fraction of sp³-hybridized carbons (Fsp3) is 0.105. The third-order valence-corrected chi connectivity index (χ3v) is 4.13. The molecule has 2 heterocycles. The number of hydrogen-bond donors (Lipinski definition) is 0. The maximum atomic E-state index is 12.0. The van der Waals surface area contributed by atoms with E-state index < -0.39 is 5.63 Å². The highest BCUT2D eigenvalue weighted by Crippen LogP contribution is 2.31. The average Bonchev–Trinajstić information content (AvgIpc) is 3.11. The number of hydrogen-bond acceptors (Lipinski definition) is 6. The highest BCUT2D eigenvalue weighted by molar-refractivity contribution is 6.33. The lowest BCUT2D eigenvalue weighted by Gasteiger charge is -2.05. The SMILES string of the molecule is CCOc1ccc2c(-c3nc(-c4ccccc4Cl)no3)cc(=O)oc2c1. The van der Waals surface area contributed by atoms with E-state index in [9.17, 15) is 4.79 Å². The molecule has 6 nitrogen and oxygen atoms in total. The summed E-state index contributed by atoms with van der Waals surface area (Å²) in [6.45, 7) is 2.39. The van der Waals surface area contributed by atoms with Gasteiger partial charge >= 0.3 is 5.63 Å². The van der Waals surface area contributed by atoms with Gasteiger partial charge in [-0.3, -0.25) is 0 Å². The highest BCUT2D eigenvalue weighted by atomic mass is 35.5. The van der Waals surface area contributed by atoms with Gasteiger partial charge in [0, 0.05) is 23.1 Å². The molecular weight excluding hydrogens is 356 g/mol. The molecule has 0 saturated heterocycles. The topological polar surface area (TPSA) is 78.4 Å². The van der Waals surface area contributed by atoms with E-state index >= 15 is 0 Å². The number of aromatic nitrogens is 2. The zero-order valence-electron chi connectivity index (χ0n) is 13.7. The van der Waals surface area contributed by atoms with Crippen LogP contribution in [0.1, 0.15) is 6.92 Å². The van der Waals surface area contributed by atoms with Crippen molar-refractivity contribution in [3.8, 4) is 28.6 Å². The Morgan fingerprint density at radius 1 is 1.12 bits per heavy atom. The Balaban J connectivity index is 1.85. The lowest BCUT2D eigenvalue weighted by atomic mass is 10.1. The van der Waals surface area contributed by atoms with Gasteiger partial charge in [-0.25, -0.2) is 4.79 Å². The zero-order chi connectivity index (χ0) is 18.1. The molecule has 0 aliphatic rings. The molecule has 0 N–H and O–H groups in total. The fourth-order valence-electron chi connectivity index (χ4n) is 2.66. The molecule has 0 saturated carbocycles. The number of fused-ring (bicyclic) bond motifs is 1. The van der Waals surface area contributed by atoms with Gasteiger partial charge in [-0.2, -0.15) is 4.98 Å². The fourth-order valence-corrected chi connectivity index (χ4v) is 2.88. The van der Waals surface area contributed by atoms with Gasteiger partial charge in [0.05, 0.1) is 17.2 Å². The van der Waals surface area contributed by atoms with E-state index in [1.54, 1.807) is 30.3 Å². The van der Waals surface area contributed by atoms with Gasteiger partial charge in [0.25, 0.3) is 5.89 Å². The van der Waals surface area contributed by atoms with Gasteiger partial charge in [0.2, 0.25) is 5.82 Å². The summed E-state index contributed by atoms with van der Waals surface area (Å²) in [6.07, 6.45) is 0. The van der Waals surface area contributed by atoms with E-state index in [1.807, 2.05) is 19.1 Å². The average molecular weight is 369 g/mol. The Kier molecular flexibility index (Phi) is 4.18. The molecule has 0 amide bonds. The van der Waals surface area contributed by atoms with Crippen molar-refractivity contribution in [3.63, 3.8) is 0 Å². The van der Waals surface area contributed by atoms with Crippen molar-refractivity contribution in [2.45, 2.75) is 6.92 Å². The van der Waals surface area contributed by atoms with Crippen molar-refractivity contribution in [1.82, 2.24) is 10.1 Å². The largest absolute Gasteiger partial charge is 0.494 e. The van der Waals surface area contributed by atoms with Crippen LogP contribution in [-0.2, 0) is 0 Å². The first kappa shape index (κ1) is 16.4. The quantitative estimate of drug-likeness (QED) is 0.491. The predicted molar refractivity (Wildman–Crippen MR) is 97.4 cm³/mol. The van der Waals surface area contributed by atoms with Crippen LogP contribution in [0.25, 0.3) is 33.8 Å². The second-order valence-electron chi connectivity index (χ2n) is 5.47. The second-order valence-corrected chi connectivity index (χ2v) is 5.88. The van der Waals surface area contributed by atoms with E-state index in [2.05, 4.69) is 10.1 Å². The smallest absolute Gasteiger partial charge is 0.337 e. The molecule has 0 fully saturated rings. The molecular formula is C19H13ClN2O4. The summed E-state index contributed by atoms with van der Waals surface area (Å²) in [5.41, 5.74) is 1.01. The number of ether oxygens (including phenoxy) is 1. The summed E-state index contributed by atoms with van der Waals surface area (Å²) in [6, 6.07) is 13.8. The summed E-state index contributed by atoms with van der Waals surface area (Å²) in [5, 5.41) is 5.16. The molecule has 2 aromatic heterocycles. The summed E-state index contributed by atoms with van der Waals surface area (Å²) in [5.74, 6) is 1.17. The van der Waals surface area contributed by atoms with E-state index in [0.717, 1.165) is 0 Å². The van der Waals surface area contributed by atoms with Crippen LogP contribution in [0.5, 0.6) is 5.75 Å². The minimum absolute atomic E-state index is 0.210. The number of benzene rings is 2. The van der Waals surface area contributed by atoms with Crippen LogP contribution in [-0.4, -0.2) is 16.7 Å². The van der Waals surface area contributed by atoms with Gasteiger partial charge in [0.15, 0.2) is 0 Å². The van der Waals surface area contributed by atoms with Crippen LogP contribution in [0.4, 0.5) is 0 Å². The van der Waals surface area contributed by atoms with Crippen molar-refractivity contribution in [2.75, 3.05) is 6.61 Å². The molecule has 7 heteroatoms. The van der Waals surface area contributed by atoms with Gasteiger partial charge < -0.3 is 13.7 Å². The van der Waals surface area contributed by atoms with Crippen LogP contribution < -0.4 is 10.4 Å². The third kappa shape index (κ3) is 2.95. The van der Waals surface area contributed by atoms with Crippen molar-refractivity contribution >= 4 is 22.6 Å². The molecule has 0 unspecified atom stereocenters. The molecule has 130 valence electrons. The molecule has 0 atom stereocenters. The summed E-state index contributed by atoms with van der Waals surface area (Å²) >= 11 is 6.18. The normalized spacial score (nSPS) is 11.0. The lowest BCUT2D eigenvalue weighted by molar-refractivity contribution is 0.340. The van der Waals surface area contributed by atoms with Crippen LogP contribution in [0.2, 0.25) is 5.02 Å². The van der Waals surface area contributed by atoms with Crippen LogP contribution in [0.15, 0.2) is 62.3 Å². The summed E-state index contributed by atoms with van der Waals surface area (Å²) < 4.78 is 16.1. The highest BCUT2D eigenvalue weighted by Gasteiger charge is 2.17. The molecule has 26 heavy (non-hydrogen) atoms. The first-order chi connectivity index (χ1) is 12.7. The summed E-state index contributed by atoms with van der Waals surface area (Å²) in [4.78, 5) is 16.3. The van der Waals surface area contributed by atoms with Crippen molar-refractivity contribution < 1.29 is 13.7 Å². The molecule has 0 radical (unpaired) electrons. The van der Waals surface area contributed by atoms with Crippen molar-refractivity contribution in [3.05, 3.63) is 64.0 Å². The predicted octanol–water partition coefficient (Wildman–Crippen LogP) is 4.56. The first-order valence-corrected chi connectivity index (χ1v) is 8.33. The molecule has 4 rings (SSSR count).